The predicted molar refractivity (Wildman–Crippen MR) is 205 cm³/mol. The maximum atomic E-state index is 6.48. The van der Waals surface area contributed by atoms with Gasteiger partial charge in [-0.05, 0) is 0 Å². The number of benzene rings is 6. The fraction of sp³-hybridized carbons (Fsp3) is 0.0833. The van der Waals surface area contributed by atoms with Crippen molar-refractivity contribution in [2.45, 2.75) is 25.7 Å². The topological polar surface area (TPSA) is 26.3 Å². The second-order valence-electron chi connectivity index (χ2n) is 13.8. The van der Waals surface area contributed by atoms with Crippen LogP contribution in [0.15, 0.2) is 161 Å². The van der Waals surface area contributed by atoms with Gasteiger partial charge in [-0.1, -0.05) is 0 Å². The Morgan fingerprint density at radius 1 is 0.412 bits per heavy atom. The summed E-state index contributed by atoms with van der Waals surface area (Å²) >= 11 is -1.40. The van der Waals surface area contributed by atoms with E-state index in [-0.39, 0.29) is 11.8 Å². The summed E-state index contributed by atoms with van der Waals surface area (Å²) < 4.78 is 16.0. The van der Waals surface area contributed by atoms with Gasteiger partial charge in [0.15, 0.2) is 0 Å². The Morgan fingerprint density at radius 3 is 1.27 bits per heavy atom. The van der Waals surface area contributed by atoms with Gasteiger partial charge in [-0.25, -0.2) is 0 Å². The molecule has 0 bridgehead atoms. The van der Waals surface area contributed by atoms with Crippen LogP contribution in [0.5, 0.6) is 0 Å². The molecular weight excluding hydrogens is 700 g/mol. The molecule has 2 atom stereocenters. The van der Waals surface area contributed by atoms with E-state index in [1.165, 1.54) is 72.6 Å². The van der Waals surface area contributed by atoms with Gasteiger partial charge in [0.1, 0.15) is 0 Å². The SMILES string of the molecule is Cc1ccc(C2[C]([Zr][C]3=Cc4c(-c5cccc6ccccc56)cccc4C3c3ccc(C)o3)=Cc3c(-c4cccc5ccccc45)cccc32)o1. The molecule has 0 N–H and O–H groups in total. The first-order valence-electron chi connectivity index (χ1n) is 17.7. The molecule has 51 heavy (non-hydrogen) atoms. The van der Waals surface area contributed by atoms with Crippen LogP contribution in [-0.4, -0.2) is 0 Å². The summed E-state index contributed by atoms with van der Waals surface area (Å²) in [7, 11) is 0. The zero-order valence-electron chi connectivity index (χ0n) is 28.5. The Bertz CT molecular complexity index is 2520. The maximum absolute atomic E-state index is 6.48. The van der Waals surface area contributed by atoms with Crippen LogP contribution >= 0.6 is 0 Å². The summed E-state index contributed by atoms with van der Waals surface area (Å²) in [6, 6.07) is 53.1. The van der Waals surface area contributed by atoms with Crippen molar-refractivity contribution in [2.75, 3.05) is 0 Å². The second kappa shape index (κ2) is 12.2. The summed E-state index contributed by atoms with van der Waals surface area (Å²) in [5.74, 6) is 4.15. The average molecular weight is 734 g/mol. The van der Waals surface area contributed by atoms with Gasteiger partial charge in [-0.2, -0.15) is 0 Å². The van der Waals surface area contributed by atoms with Crippen LogP contribution in [0, 0.1) is 13.8 Å². The zero-order valence-corrected chi connectivity index (χ0v) is 30.9. The van der Waals surface area contributed by atoms with Crippen molar-refractivity contribution in [3.63, 3.8) is 0 Å². The standard InChI is InChI=1S/2C24H17O.Zr/c2*1-16-12-15-24(25-16)23-14-13-22-20(10-5-11-21(22)23)19-9-4-7-17-6-2-3-8-18(17)19;/h2*2-13,15,23H,1H3;. The van der Waals surface area contributed by atoms with E-state index in [9.17, 15) is 0 Å². The van der Waals surface area contributed by atoms with Gasteiger partial charge in [0.05, 0.1) is 0 Å². The number of rotatable bonds is 6. The number of hydrogen-bond acceptors (Lipinski definition) is 2. The summed E-state index contributed by atoms with van der Waals surface area (Å²) in [6.45, 7) is 4.10. The fourth-order valence-electron chi connectivity index (χ4n) is 8.41. The normalized spacial score (nSPS) is 16.3. The van der Waals surface area contributed by atoms with E-state index in [1.54, 1.807) is 0 Å². The van der Waals surface area contributed by atoms with E-state index >= 15 is 0 Å². The Labute approximate surface area is 309 Å². The van der Waals surface area contributed by atoms with Crippen molar-refractivity contribution in [1.29, 1.82) is 0 Å². The third-order valence-corrected chi connectivity index (χ3v) is 14.2. The van der Waals surface area contributed by atoms with Crippen LogP contribution in [-0.2, 0) is 23.2 Å². The molecule has 8 aromatic rings. The van der Waals surface area contributed by atoms with Crippen LogP contribution < -0.4 is 0 Å². The Morgan fingerprint density at radius 2 is 0.824 bits per heavy atom. The van der Waals surface area contributed by atoms with E-state index in [0.717, 1.165) is 23.0 Å². The van der Waals surface area contributed by atoms with Gasteiger partial charge in [0.2, 0.25) is 0 Å². The van der Waals surface area contributed by atoms with E-state index in [2.05, 4.69) is 172 Å². The first-order valence-corrected chi connectivity index (χ1v) is 20.1. The summed E-state index contributed by atoms with van der Waals surface area (Å²) in [5, 5.41) is 5.08. The Balaban J connectivity index is 1.15. The second-order valence-corrected chi connectivity index (χ2v) is 17.2. The molecule has 0 radical (unpaired) electrons. The van der Waals surface area contributed by atoms with E-state index in [4.69, 9.17) is 8.83 Å². The molecule has 0 saturated heterocycles. The van der Waals surface area contributed by atoms with Crippen LogP contribution in [0.25, 0.3) is 56.0 Å². The predicted octanol–water partition coefficient (Wildman–Crippen LogP) is 12.9. The Kier molecular flexibility index (Phi) is 7.33. The molecule has 2 unspecified atom stereocenters. The molecule has 0 spiro atoms. The summed E-state index contributed by atoms with van der Waals surface area (Å²) in [4.78, 5) is 0. The van der Waals surface area contributed by atoms with Gasteiger partial charge in [-0.3, -0.25) is 0 Å². The fourth-order valence-corrected chi connectivity index (χ4v) is 12.5. The number of fused-ring (bicyclic) bond motifs is 4. The van der Waals surface area contributed by atoms with Crippen molar-refractivity contribution in [3.05, 3.63) is 197 Å². The minimum absolute atomic E-state index is 0.0939. The van der Waals surface area contributed by atoms with Crippen LogP contribution in [0.3, 0.4) is 0 Å². The summed E-state index contributed by atoms with van der Waals surface area (Å²) in [6.07, 6.45) is 5.06. The van der Waals surface area contributed by atoms with Crippen LogP contribution in [0.4, 0.5) is 0 Å². The molecule has 0 aliphatic heterocycles. The molecule has 2 aromatic heterocycles. The third-order valence-electron chi connectivity index (χ3n) is 10.7. The molecule has 3 heteroatoms. The molecule has 2 heterocycles. The van der Waals surface area contributed by atoms with Crippen molar-refractivity contribution in [1.82, 2.24) is 0 Å². The first-order chi connectivity index (χ1) is 25.1. The summed E-state index contributed by atoms with van der Waals surface area (Å²) in [5.41, 5.74) is 10.4. The number of allylic oxidation sites excluding steroid dienone is 2. The van der Waals surface area contributed by atoms with E-state index in [1.807, 2.05) is 0 Å². The molecule has 10 rings (SSSR count). The van der Waals surface area contributed by atoms with Gasteiger partial charge in [0.25, 0.3) is 0 Å². The molecule has 0 saturated carbocycles. The van der Waals surface area contributed by atoms with Crippen molar-refractivity contribution in [2.24, 2.45) is 0 Å². The Hall–Kier alpha value is -5.24. The van der Waals surface area contributed by atoms with Gasteiger partial charge < -0.3 is 0 Å². The monoisotopic (exact) mass is 732 g/mol. The van der Waals surface area contributed by atoms with Gasteiger partial charge >= 0.3 is 311 Å². The number of hydrogen-bond donors (Lipinski definition) is 0. The molecule has 0 amide bonds. The van der Waals surface area contributed by atoms with Gasteiger partial charge in [0, 0.05) is 0 Å². The molecule has 2 aliphatic carbocycles. The minimum atomic E-state index is -1.40. The van der Waals surface area contributed by atoms with Crippen molar-refractivity contribution >= 4 is 33.7 Å². The average Bonchev–Trinajstić information content (AvgIpc) is 3.95. The molecule has 6 aromatic carbocycles. The van der Waals surface area contributed by atoms with E-state index in [0.29, 0.717) is 0 Å². The molecule has 242 valence electrons. The number of furan rings is 2. The third kappa shape index (κ3) is 5.09. The molecule has 0 fully saturated rings. The molecule has 2 aliphatic rings. The van der Waals surface area contributed by atoms with Crippen molar-refractivity contribution < 1.29 is 32.1 Å². The molecular formula is C48H34O2Zr. The molecule has 2 nitrogen and oxygen atoms in total. The van der Waals surface area contributed by atoms with Crippen LogP contribution in [0.2, 0.25) is 0 Å². The first kappa shape index (κ1) is 30.6. The zero-order chi connectivity index (χ0) is 34.1. The number of aryl methyl sites for hydroxylation is 2. The van der Waals surface area contributed by atoms with Gasteiger partial charge in [-0.15, -0.1) is 0 Å². The van der Waals surface area contributed by atoms with E-state index < -0.39 is 23.2 Å². The quantitative estimate of drug-likeness (QED) is 0.170. The van der Waals surface area contributed by atoms with Crippen LogP contribution in [0.1, 0.15) is 57.1 Å². The van der Waals surface area contributed by atoms with Crippen molar-refractivity contribution in [3.8, 4) is 22.3 Å².